The SMILES string of the molecule is C[C@@H](O)[C@H](NS(=O)c1ccc(C#Cc2ccc(C=O)cc2)cc1)C(=O)O. The molecular weight excluding hydrogens is 354 g/mol. The highest BCUT2D eigenvalue weighted by Gasteiger charge is 2.25. The molecule has 7 heteroatoms. The number of aldehydes is 1. The van der Waals surface area contributed by atoms with Gasteiger partial charge in [-0.2, -0.15) is 0 Å². The monoisotopic (exact) mass is 371 g/mol. The van der Waals surface area contributed by atoms with Crippen LogP contribution in [0.4, 0.5) is 0 Å². The van der Waals surface area contributed by atoms with Crippen LogP contribution in [0.5, 0.6) is 0 Å². The molecule has 2 rings (SSSR count). The van der Waals surface area contributed by atoms with Gasteiger partial charge in [-0.1, -0.05) is 24.0 Å². The summed E-state index contributed by atoms with van der Waals surface area (Å²) < 4.78 is 14.6. The molecule has 6 nitrogen and oxygen atoms in total. The second-order valence-corrected chi connectivity index (χ2v) is 6.70. The third-order valence-corrected chi connectivity index (χ3v) is 4.62. The van der Waals surface area contributed by atoms with Crippen LogP contribution in [-0.2, 0) is 15.8 Å². The lowest BCUT2D eigenvalue weighted by Crippen LogP contribution is -2.45. The number of carboxylic acid groups (broad SMARTS) is 1. The van der Waals surface area contributed by atoms with Crippen molar-refractivity contribution in [3.63, 3.8) is 0 Å². The zero-order valence-corrected chi connectivity index (χ0v) is 14.7. The number of hydrogen-bond acceptors (Lipinski definition) is 4. The predicted molar refractivity (Wildman–Crippen MR) is 96.9 cm³/mol. The van der Waals surface area contributed by atoms with Crippen LogP contribution < -0.4 is 4.72 Å². The summed E-state index contributed by atoms with van der Waals surface area (Å²) in [5.74, 6) is 4.62. The number of aliphatic hydroxyl groups excluding tert-OH is 1. The van der Waals surface area contributed by atoms with Gasteiger partial charge in [0.1, 0.15) is 23.3 Å². The summed E-state index contributed by atoms with van der Waals surface area (Å²) in [5.41, 5.74) is 2.02. The van der Waals surface area contributed by atoms with Crippen molar-refractivity contribution < 1.29 is 24.0 Å². The predicted octanol–water partition coefficient (Wildman–Crippen LogP) is 1.35. The molecule has 0 aliphatic carbocycles. The van der Waals surface area contributed by atoms with Crippen molar-refractivity contribution >= 4 is 23.2 Å². The fourth-order valence-electron chi connectivity index (χ4n) is 1.99. The number of carbonyl (C=O) groups excluding carboxylic acids is 1. The van der Waals surface area contributed by atoms with E-state index in [9.17, 15) is 18.9 Å². The molecule has 0 saturated carbocycles. The summed E-state index contributed by atoms with van der Waals surface area (Å²) in [5, 5.41) is 18.4. The normalized spacial score (nSPS) is 13.8. The molecule has 0 aromatic heterocycles. The fourth-order valence-corrected chi connectivity index (χ4v) is 3.04. The molecule has 0 radical (unpaired) electrons. The van der Waals surface area contributed by atoms with Crippen LogP contribution in [-0.4, -0.2) is 38.8 Å². The minimum absolute atomic E-state index is 0.373. The van der Waals surface area contributed by atoms with E-state index in [-0.39, 0.29) is 0 Å². The Balaban J connectivity index is 2.08. The Morgan fingerprint density at radius 2 is 1.58 bits per heavy atom. The van der Waals surface area contributed by atoms with Gasteiger partial charge in [0.05, 0.1) is 11.0 Å². The third kappa shape index (κ3) is 5.36. The Labute approximate surface area is 153 Å². The Morgan fingerprint density at radius 1 is 1.08 bits per heavy atom. The molecule has 0 aliphatic rings. The van der Waals surface area contributed by atoms with Gasteiger partial charge in [-0.25, -0.2) is 8.93 Å². The molecular formula is C19H17NO5S. The fraction of sp³-hybridized carbons (Fsp3) is 0.158. The molecule has 2 aromatic carbocycles. The van der Waals surface area contributed by atoms with Crippen LogP contribution in [0, 0.1) is 11.8 Å². The molecule has 0 spiro atoms. The van der Waals surface area contributed by atoms with Crippen LogP contribution in [0.1, 0.15) is 28.4 Å². The van der Waals surface area contributed by atoms with Crippen LogP contribution >= 0.6 is 0 Å². The van der Waals surface area contributed by atoms with Gasteiger partial charge in [-0.05, 0) is 43.3 Å². The van der Waals surface area contributed by atoms with E-state index >= 15 is 0 Å². The quantitative estimate of drug-likeness (QED) is 0.525. The Bertz CT molecular complexity index is 864. The van der Waals surface area contributed by atoms with Crippen molar-refractivity contribution in [2.24, 2.45) is 0 Å². The van der Waals surface area contributed by atoms with E-state index in [0.717, 1.165) is 11.8 Å². The van der Waals surface area contributed by atoms with E-state index in [0.29, 0.717) is 16.0 Å². The van der Waals surface area contributed by atoms with E-state index < -0.39 is 29.1 Å². The zero-order valence-electron chi connectivity index (χ0n) is 13.9. The maximum Gasteiger partial charge on any atom is 0.324 e. The highest BCUT2D eigenvalue weighted by Crippen LogP contribution is 2.09. The van der Waals surface area contributed by atoms with Crippen molar-refractivity contribution in [1.82, 2.24) is 4.72 Å². The Morgan fingerprint density at radius 3 is 2.00 bits per heavy atom. The Hall–Kier alpha value is -2.79. The average Bonchev–Trinajstić information content (AvgIpc) is 2.64. The lowest BCUT2D eigenvalue weighted by molar-refractivity contribution is -0.141. The topological polar surface area (TPSA) is 104 Å². The van der Waals surface area contributed by atoms with Crippen LogP contribution in [0.25, 0.3) is 0 Å². The van der Waals surface area contributed by atoms with Crippen LogP contribution in [0.3, 0.4) is 0 Å². The number of carbonyl (C=O) groups is 2. The number of benzene rings is 2. The molecule has 134 valence electrons. The average molecular weight is 371 g/mol. The van der Waals surface area contributed by atoms with Gasteiger partial charge in [-0.3, -0.25) is 9.59 Å². The second kappa shape index (κ2) is 9.06. The van der Waals surface area contributed by atoms with Crippen molar-refractivity contribution in [1.29, 1.82) is 0 Å². The molecule has 0 saturated heterocycles. The first-order valence-corrected chi connectivity index (χ1v) is 8.82. The largest absolute Gasteiger partial charge is 0.480 e. The standard InChI is InChI=1S/C19H17NO5S/c1-13(22)18(19(23)24)20-26(25)17-10-8-15(9-11-17)3-2-14-4-6-16(12-21)7-5-14/h4-13,18,20,22H,1H3,(H,23,24)/t13-,18+,26?/m1/s1. The van der Waals surface area contributed by atoms with Crippen molar-refractivity contribution in [2.75, 3.05) is 0 Å². The van der Waals surface area contributed by atoms with Crippen molar-refractivity contribution in [3.8, 4) is 11.8 Å². The van der Waals surface area contributed by atoms with Crippen LogP contribution in [0.2, 0.25) is 0 Å². The van der Waals surface area contributed by atoms with Crippen molar-refractivity contribution in [2.45, 2.75) is 24.0 Å². The first-order valence-electron chi connectivity index (χ1n) is 7.67. The van der Waals surface area contributed by atoms with Gasteiger partial charge in [0.2, 0.25) is 0 Å². The number of nitrogens with one attached hydrogen (secondary N) is 1. The first kappa shape index (κ1) is 19.5. The summed E-state index contributed by atoms with van der Waals surface area (Å²) in [6.45, 7) is 1.31. The minimum Gasteiger partial charge on any atom is -0.480 e. The van der Waals surface area contributed by atoms with Crippen LogP contribution in [0.15, 0.2) is 53.4 Å². The molecule has 0 amide bonds. The van der Waals surface area contributed by atoms with Crippen molar-refractivity contribution in [3.05, 3.63) is 65.2 Å². The summed E-state index contributed by atoms with van der Waals surface area (Å²) in [6.07, 6.45) is -0.427. The molecule has 0 fully saturated rings. The smallest absolute Gasteiger partial charge is 0.324 e. The molecule has 1 unspecified atom stereocenters. The molecule has 3 atom stereocenters. The maximum atomic E-state index is 12.2. The Kier molecular flexibility index (Phi) is 6.81. The van der Waals surface area contributed by atoms with Gasteiger partial charge < -0.3 is 10.2 Å². The molecule has 3 N–H and O–H groups in total. The number of rotatable bonds is 6. The first-order chi connectivity index (χ1) is 12.4. The maximum absolute atomic E-state index is 12.2. The van der Waals surface area contributed by atoms with Gasteiger partial charge in [0, 0.05) is 16.7 Å². The highest BCUT2D eigenvalue weighted by molar-refractivity contribution is 7.83. The number of carboxylic acids is 1. The van der Waals surface area contributed by atoms with E-state index in [2.05, 4.69) is 16.6 Å². The summed E-state index contributed by atoms with van der Waals surface area (Å²) in [7, 11) is -1.78. The second-order valence-electron chi connectivity index (χ2n) is 5.46. The van der Waals surface area contributed by atoms with Gasteiger partial charge in [0.25, 0.3) is 0 Å². The van der Waals surface area contributed by atoms with Gasteiger partial charge >= 0.3 is 5.97 Å². The summed E-state index contributed by atoms with van der Waals surface area (Å²) in [6, 6.07) is 12.0. The molecule has 0 bridgehead atoms. The highest BCUT2D eigenvalue weighted by atomic mass is 32.2. The molecule has 0 heterocycles. The number of aliphatic hydroxyl groups is 1. The van der Waals surface area contributed by atoms with E-state index in [1.807, 2.05) is 0 Å². The third-order valence-electron chi connectivity index (χ3n) is 3.45. The molecule has 26 heavy (non-hydrogen) atoms. The molecule has 2 aromatic rings. The summed E-state index contributed by atoms with van der Waals surface area (Å²) >= 11 is 0. The lowest BCUT2D eigenvalue weighted by atomic mass is 10.1. The minimum atomic E-state index is -1.78. The molecule has 0 aliphatic heterocycles. The number of hydrogen-bond donors (Lipinski definition) is 3. The number of aliphatic carboxylic acids is 1. The lowest BCUT2D eigenvalue weighted by Gasteiger charge is -2.16. The van der Waals surface area contributed by atoms with Gasteiger partial charge in [0.15, 0.2) is 0 Å². The summed E-state index contributed by atoms with van der Waals surface area (Å²) in [4.78, 5) is 22.0. The van der Waals surface area contributed by atoms with E-state index in [4.69, 9.17) is 5.11 Å². The van der Waals surface area contributed by atoms with E-state index in [1.54, 1.807) is 48.5 Å². The van der Waals surface area contributed by atoms with E-state index in [1.165, 1.54) is 6.92 Å². The van der Waals surface area contributed by atoms with Gasteiger partial charge in [-0.15, -0.1) is 0 Å². The zero-order chi connectivity index (χ0) is 19.1.